The van der Waals surface area contributed by atoms with Gasteiger partial charge in [0.05, 0.1) is 5.25 Å². The second-order valence-electron chi connectivity index (χ2n) is 6.47. The van der Waals surface area contributed by atoms with Crippen molar-refractivity contribution in [1.29, 1.82) is 0 Å². The van der Waals surface area contributed by atoms with Crippen molar-refractivity contribution in [2.75, 3.05) is 24.5 Å². The molecule has 1 aromatic heterocycles. The average molecular weight is 321 g/mol. The average Bonchev–Trinajstić information content (AvgIpc) is 3.10. The number of nitrogens with zero attached hydrogens (tertiary/aromatic N) is 4. The smallest absolute Gasteiger partial charge is 0.233 e. The Hall–Kier alpha value is -1.24. The number of hydrogen-bond donors (Lipinski definition) is 1. The van der Waals surface area contributed by atoms with E-state index in [-0.39, 0.29) is 11.2 Å². The largest absolute Gasteiger partial charge is 0.355 e. The molecule has 22 heavy (non-hydrogen) atoms. The van der Waals surface area contributed by atoms with Crippen molar-refractivity contribution in [3.8, 4) is 0 Å². The minimum absolute atomic E-state index is 0.0179. The third-order valence-corrected chi connectivity index (χ3v) is 5.90. The first kappa shape index (κ1) is 14.4. The third-order valence-electron chi connectivity index (χ3n) is 4.68. The summed E-state index contributed by atoms with van der Waals surface area (Å²) in [4.78, 5) is 14.5. The number of aromatic nitrogens is 3. The van der Waals surface area contributed by atoms with Gasteiger partial charge in [0.1, 0.15) is 0 Å². The number of carbonyl (C=O) groups excluding carboxylic acids is 1. The van der Waals surface area contributed by atoms with Gasteiger partial charge < -0.3 is 10.2 Å². The molecular weight excluding hydrogens is 298 g/mol. The Kier molecular flexibility index (Phi) is 3.98. The lowest BCUT2D eigenvalue weighted by Gasteiger charge is -2.19. The summed E-state index contributed by atoms with van der Waals surface area (Å²) in [6, 6.07) is 0.543. The van der Waals surface area contributed by atoms with Gasteiger partial charge in [-0.3, -0.25) is 9.36 Å². The Morgan fingerprint density at radius 1 is 1.05 bits per heavy atom. The van der Waals surface area contributed by atoms with Crippen molar-refractivity contribution in [2.45, 2.75) is 61.4 Å². The lowest BCUT2D eigenvalue weighted by atomic mass is 10.2. The number of thioether (sulfide) groups is 1. The predicted molar refractivity (Wildman–Crippen MR) is 86.2 cm³/mol. The molecule has 1 N–H and O–H groups in total. The molecule has 0 bridgehead atoms. The molecule has 3 aliphatic rings. The molecule has 120 valence electrons. The van der Waals surface area contributed by atoms with Crippen LogP contribution in [0.25, 0.3) is 0 Å². The maximum absolute atomic E-state index is 12.2. The van der Waals surface area contributed by atoms with Gasteiger partial charge in [-0.25, -0.2) is 0 Å². The van der Waals surface area contributed by atoms with E-state index in [1.807, 2.05) is 0 Å². The zero-order valence-corrected chi connectivity index (χ0v) is 13.6. The molecule has 1 amide bonds. The molecule has 4 rings (SSSR count). The predicted octanol–water partition coefficient (Wildman–Crippen LogP) is 1.97. The van der Waals surface area contributed by atoms with E-state index >= 15 is 0 Å². The van der Waals surface area contributed by atoms with Gasteiger partial charge in [-0.1, -0.05) is 18.2 Å². The van der Waals surface area contributed by atoms with Crippen molar-refractivity contribution in [1.82, 2.24) is 20.1 Å². The molecule has 0 radical (unpaired) electrons. The molecule has 2 aliphatic heterocycles. The van der Waals surface area contributed by atoms with Gasteiger partial charge in [-0.05, 0) is 38.5 Å². The lowest BCUT2D eigenvalue weighted by Crippen LogP contribution is -2.31. The lowest BCUT2D eigenvalue weighted by molar-refractivity contribution is -0.120. The summed E-state index contributed by atoms with van der Waals surface area (Å²) in [6.45, 7) is 2.98. The van der Waals surface area contributed by atoms with E-state index in [4.69, 9.17) is 0 Å². The Morgan fingerprint density at radius 3 is 2.64 bits per heavy atom. The van der Waals surface area contributed by atoms with E-state index in [1.54, 1.807) is 11.8 Å². The van der Waals surface area contributed by atoms with Crippen molar-refractivity contribution in [3.63, 3.8) is 0 Å². The van der Waals surface area contributed by atoms with Crippen molar-refractivity contribution >= 4 is 23.6 Å². The normalized spacial score (nSPS) is 26.1. The van der Waals surface area contributed by atoms with E-state index in [0.717, 1.165) is 50.0 Å². The van der Waals surface area contributed by atoms with Crippen molar-refractivity contribution in [3.05, 3.63) is 0 Å². The van der Waals surface area contributed by atoms with E-state index in [9.17, 15) is 4.79 Å². The number of amides is 1. The highest BCUT2D eigenvalue weighted by molar-refractivity contribution is 8.00. The van der Waals surface area contributed by atoms with Gasteiger partial charge in [0.25, 0.3) is 0 Å². The first-order valence-electron chi connectivity index (χ1n) is 8.47. The summed E-state index contributed by atoms with van der Waals surface area (Å²) in [6.07, 6.45) is 8.03. The van der Waals surface area contributed by atoms with Crippen LogP contribution in [0.1, 0.15) is 51.0 Å². The molecule has 1 atom stereocenters. The van der Waals surface area contributed by atoms with Crippen molar-refractivity contribution in [2.24, 2.45) is 0 Å². The van der Waals surface area contributed by atoms with E-state index < -0.39 is 0 Å². The SMILES string of the molecule is O=C1NCCCC[C@H]1Sc1nnc(N2CCCC2)n1C1CC1. The van der Waals surface area contributed by atoms with Gasteiger partial charge in [0.15, 0.2) is 5.16 Å². The summed E-state index contributed by atoms with van der Waals surface area (Å²) in [5.41, 5.74) is 0. The summed E-state index contributed by atoms with van der Waals surface area (Å²) >= 11 is 1.61. The van der Waals surface area contributed by atoms with Gasteiger partial charge >= 0.3 is 0 Å². The van der Waals surface area contributed by atoms with Crippen LogP contribution in [-0.4, -0.2) is 45.6 Å². The van der Waals surface area contributed by atoms with Gasteiger partial charge in [-0.15, -0.1) is 10.2 Å². The zero-order valence-electron chi connectivity index (χ0n) is 12.8. The fourth-order valence-corrected chi connectivity index (χ4v) is 4.45. The van der Waals surface area contributed by atoms with E-state index in [1.165, 1.54) is 25.7 Å². The monoisotopic (exact) mass is 321 g/mol. The third kappa shape index (κ3) is 2.83. The van der Waals surface area contributed by atoms with Crippen LogP contribution in [0.15, 0.2) is 5.16 Å². The molecule has 1 saturated carbocycles. The molecule has 0 unspecified atom stereocenters. The number of carbonyl (C=O) groups is 1. The quantitative estimate of drug-likeness (QED) is 0.918. The van der Waals surface area contributed by atoms with Crippen LogP contribution in [0.5, 0.6) is 0 Å². The molecule has 1 aromatic rings. The van der Waals surface area contributed by atoms with Crippen LogP contribution in [0, 0.1) is 0 Å². The molecule has 7 heteroatoms. The van der Waals surface area contributed by atoms with Crippen LogP contribution in [0.2, 0.25) is 0 Å². The zero-order chi connectivity index (χ0) is 14.9. The molecule has 3 heterocycles. The number of hydrogen-bond acceptors (Lipinski definition) is 5. The number of anilines is 1. The highest BCUT2D eigenvalue weighted by atomic mass is 32.2. The minimum atomic E-state index is -0.0179. The Morgan fingerprint density at radius 2 is 1.86 bits per heavy atom. The highest BCUT2D eigenvalue weighted by Crippen LogP contribution is 2.42. The highest BCUT2D eigenvalue weighted by Gasteiger charge is 2.34. The number of nitrogens with one attached hydrogen (secondary N) is 1. The molecule has 1 aliphatic carbocycles. The fourth-order valence-electron chi connectivity index (χ4n) is 3.29. The maximum atomic E-state index is 12.2. The molecule has 3 fully saturated rings. The molecule has 2 saturated heterocycles. The summed E-state index contributed by atoms with van der Waals surface area (Å²) < 4.78 is 2.30. The summed E-state index contributed by atoms with van der Waals surface area (Å²) in [5, 5.41) is 12.8. The molecule has 6 nitrogen and oxygen atoms in total. The van der Waals surface area contributed by atoms with E-state index in [2.05, 4.69) is 25.0 Å². The Bertz CT molecular complexity index is 550. The van der Waals surface area contributed by atoms with Gasteiger partial charge in [-0.2, -0.15) is 0 Å². The Labute approximate surface area is 135 Å². The van der Waals surface area contributed by atoms with Crippen LogP contribution < -0.4 is 10.2 Å². The summed E-state index contributed by atoms with van der Waals surface area (Å²) in [5.74, 6) is 1.19. The first-order chi connectivity index (χ1) is 10.8. The van der Waals surface area contributed by atoms with Crippen LogP contribution in [-0.2, 0) is 4.79 Å². The second kappa shape index (κ2) is 6.10. The summed E-state index contributed by atoms with van der Waals surface area (Å²) in [7, 11) is 0. The fraction of sp³-hybridized carbons (Fsp3) is 0.800. The topological polar surface area (TPSA) is 63.1 Å². The molecule has 0 spiro atoms. The number of rotatable bonds is 4. The molecule has 0 aromatic carbocycles. The molecular formula is C15H23N5OS. The minimum Gasteiger partial charge on any atom is -0.355 e. The second-order valence-corrected chi connectivity index (χ2v) is 7.64. The van der Waals surface area contributed by atoms with Crippen LogP contribution in [0.3, 0.4) is 0 Å². The van der Waals surface area contributed by atoms with Crippen LogP contribution >= 0.6 is 11.8 Å². The first-order valence-corrected chi connectivity index (χ1v) is 9.35. The maximum Gasteiger partial charge on any atom is 0.233 e. The van der Waals surface area contributed by atoms with E-state index in [0.29, 0.717) is 6.04 Å². The Balaban J connectivity index is 1.57. The van der Waals surface area contributed by atoms with Gasteiger partial charge in [0, 0.05) is 25.7 Å². The van der Waals surface area contributed by atoms with Crippen molar-refractivity contribution < 1.29 is 4.79 Å². The standard InChI is InChI=1S/C15H23N5OS/c21-13-12(5-1-2-8-16-13)22-15-18-17-14(19-9-3-4-10-19)20(15)11-6-7-11/h11-12H,1-10H2,(H,16,21)/t12-/m1/s1. The van der Waals surface area contributed by atoms with Gasteiger partial charge in [0.2, 0.25) is 11.9 Å². The van der Waals surface area contributed by atoms with Crippen LogP contribution in [0.4, 0.5) is 5.95 Å².